The molecule has 0 aliphatic carbocycles. The molecule has 0 bridgehead atoms. The number of H-pyrrole nitrogens is 1. The van der Waals surface area contributed by atoms with E-state index in [9.17, 15) is 24.3 Å². The van der Waals surface area contributed by atoms with E-state index in [-0.39, 0.29) is 51.9 Å². The molecule has 0 aliphatic heterocycles. The number of aliphatic carboxylic acids is 2. The van der Waals surface area contributed by atoms with Gasteiger partial charge in [0.2, 0.25) is 5.95 Å². The van der Waals surface area contributed by atoms with Crippen LogP contribution in [-0.2, 0) is 16.1 Å². The molecule has 2 heterocycles. The number of aromatic nitrogens is 4. The molecule has 1 unspecified atom stereocenters. The summed E-state index contributed by atoms with van der Waals surface area (Å²) in [4.78, 5) is 62.8. The second-order valence-corrected chi connectivity index (χ2v) is 7.18. The first-order valence-corrected chi connectivity index (χ1v) is 9.72. The third-order valence-electron chi connectivity index (χ3n) is 4.71. The van der Waals surface area contributed by atoms with Gasteiger partial charge in [-0.3, -0.25) is 19.4 Å². The van der Waals surface area contributed by atoms with Crippen LogP contribution in [0.2, 0.25) is 0 Å². The van der Waals surface area contributed by atoms with E-state index >= 15 is 0 Å². The van der Waals surface area contributed by atoms with Crippen molar-refractivity contribution in [3.63, 3.8) is 0 Å². The lowest BCUT2D eigenvalue weighted by Gasteiger charge is -2.19. The molecule has 1 aromatic carbocycles. The van der Waals surface area contributed by atoms with Gasteiger partial charge in [0, 0.05) is 24.7 Å². The quantitative estimate of drug-likeness (QED) is 0.201. The zero-order valence-electron chi connectivity index (χ0n) is 19.0. The number of carboxylic acid groups (broad SMARTS) is 2. The van der Waals surface area contributed by atoms with Crippen molar-refractivity contribution in [3.8, 4) is 0 Å². The minimum absolute atomic E-state index is 0. The fourth-order valence-electron chi connectivity index (χ4n) is 3.02. The van der Waals surface area contributed by atoms with Crippen LogP contribution in [0.25, 0.3) is 11.2 Å². The maximum Gasteiger partial charge on any atom is 0.326 e. The van der Waals surface area contributed by atoms with Crippen molar-refractivity contribution in [3.05, 3.63) is 52.1 Å². The Bertz CT molecular complexity index is 1260. The van der Waals surface area contributed by atoms with E-state index in [0.29, 0.717) is 12.2 Å². The van der Waals surface area contributed by atoms with Crippen LogP contribution in [0.1, 0.15) is 28.9 Å². The van der Waals surface area contributed by atoms with Crippen molar-refractivity contribution in [2.24, 2.45) is 0 Å². The fourth-order valence-corrected chi connectivity index (χ4v) is 3.02. The molecule has 0 saturated carbocycles. The van der Waals surface area contributed by atoms with Crippen LogP contribution < -0.4 is 21.5 Å². The lowest BCUT2D eigenvalue weighted by atomic mass is 10.1. The fraction of sp³-hybridized carbons (Fsp3) is 0.250. The van der Waals surface area contributed by atoms with Crippen LogP contribution in [-0.4, -0.2) is 77.5 Å². The number of carboxylic acids is 2. The number of carbonyl (C=O) groups excluding carboxylic acids is 1. The van der Waals surface area contributed by atoms with E-state index < -0.39 is 29.4 Å². The van der Waals surface area contributed by atoms with E-state index in [1.807, 2.05) is 4.90 Å². The van der Waals surface area contributed by atoms with E-state index in [1.165, 1.54) is 18.3 Å². The Morgan fingerprint density at radius 1 is 1.11 bits per heavy atom. The molecule has 3 rings (SSSR count). The van der Waals surface area contributed by atoms with Gasteiger partial charge < -0.3 is 42.6 Å². The molecular formula is C20H27N7O9. The number of benzene rings is 1. The van der Waals surface area contributed by atoms with Crippen LogP contribution in [0, 0.1) is 0 Å². The normalized spacial score (nSPS) is 10.7. The maximum absolute atomic E-state index is 12.4. The molecule has 12 N–H and O–H groups in total. The summed E-state index contributed by atoms with van der Waals surface area (Å²) in [6.45, 7) is 0.300. The van der Waals surface area contributed by atoms with Gasteiger partial charge in [0.1, 0.15) is 6.04 Å². The molecule has 16 heteroatoms. The standard InChI is InChI=1S/C20H21N7O6.3H2O/c1-27(9-11-8-22-16-15(23-11)18(31)26-20(21)25-16)12-4-2-10(3-5-12)17(30)24-13(19(32)33)6-7-14(28)29;;;/h2-5,8,13H,6-7,9H2,1H3,(H,24,30)(H,28,29)(H,32,33)(H3,21,22,25,26,31);3*1H2. The van der Waals surface area contributed by atoms with E-state index in [0.717, 1.165) is 5.69 Å². The van der Waals surface area contributed by atoms with Crippen molar-refractivity contribution >= 4 is 40.6 Å². The summed E-state index contributed by atoms with van der Waals surface area (Å²) < 4.78 is 0. The number of carbonyl (C=O) groups is 3. The van der Waals surface area contributed by atoms with Gasteiger partial charge in [-0.25, -0.2) is 14.8 Å². The van der Waals surface area contributed by atoms with E-state index in [1.54, 1.807) is 19.2 Å². The predicted octanol–water partition coefficient (Wildman–Crippen LogP) is -2.49. The van der Waals surface area contributed by atoms with Gasteiger partial charge in [0.05, 0.1) is 18.4 Å². The highest BCUT2D eigenvalue weighted by Gasteiger charge is 2.21. The Morgan fingerprint density at radius 2 is 1.75 bits per heavy atom. The molecule has 36 heavy (non-hydrogen) atoms. The Morgan fingerprint density at radius 3 is 2.33 bits per heavy atom. The third kappa shape index (κ3) is 7.69. The van der Waals surface area contributed by atoms with Gasteiger partial charge in [0.25, 0.3) is 11.5 Å². The number of rotatable bonds is 9. The Kier molecular flexibility index (Phi) is 11.6. The highest BCUT2D eigenvalue weighted by Crippen LogP contribution is 2.16. The molecule has 0 fully saturated rings. The number of hydrogen-bond donors (Lipinski definition) is 5. The molecule has 2 aromatic heterocycles. The molecule has 16 nitrogen and oxygen atoms in total. The molecule has 1 amide bonds. The molecule has 0 saturated heterocycles. The average molecular weight is 509 g/mol. The largest absolute Gasteiger partial charge is 0.481 e. The summed E-state index contributed by atoms with van der Waals surface area (Å²) in [6.07, 6.45) is 0.874. The summed E-state index contributed by atoms with van der Waals surface area (Å²) in [5.74, 6) is -3.14. The summed E-state index contributed by atoms with van der Waals surface area (Å²) >= 11 is 0. The number of anilines is 2. The first-order valence-electron chi connectivity index (χ1n) is 9.72. The highest BCUT2D eigenvalue weighted by atomic mass is 16.4. The minimum Gasteiger partial charge on any atom is -0.481 e. The lowest BCUT2D eigenvalue weighted by Crippen LogP contribution is -2.41. The van der Waals surface area contributed by atoms with Crippen LogP contribution in [0.15, 0.2) is 35.3 Å². The number of nitrogen functional groups attached to an aromatic ring is 1. The van der Waals surface area contributed by atoms with E-state index in [4.69, 9.17) is 10.8 Å². The number of nitrogens with one attached hydrogen (secondary N) is 2. The molecule has 0 radical (unpaired) electrons. The van der Waals surface area contributed by atoms with Crippen molar-refractivity contribution in [1.82, 2.24) is 25.3 Å². The van der Waals surface area contributed by atoms with Crippen LogP contribution in [0.5, 0.6) is 0 Å². The minimum atomic E-state index is -1.31. The number of nitrogens with two attached hydrogens (primary N) is 1. The first-order chi connectivity index (χ1) is 15.6. The zero-order valence-corrected chi connectivity index (χ0v) is 19.0. The summed E-state index contributed by atoms with van der Waals surface area (Å²) in [7, 11) is 1.78. The second kappa shape index (κ2) is 13.3. The van der Waals surface area contributed by atoms with Crippen LogP contribution >= 0.6 is 0 Å². The predicted molar refractivity (Wildman–Crippen MR) is 128 cm³/mol. The monoisotopic (exact) mass is 509 g/mol. The lowest BCUT2D eigenvalue weighted by molar-refractivity contribution is -0.140. The van der Waals surface area contributed by atoms with Gasteiger partial charge in [-0.05, 0) is 30.7 Å². The SMILES string of the molecule is CN(Cc1cnc2nc(N)[nH]c(=O)c2n1)c1ccc(C(=O)NC(CCC(=O)O)C(=O)O)cc1.O.O.O. The maximum atomic E-state index is 12.4. The Labute approximate surface area is 202 Å². The van der Waals surface area contributed by atoms with Gasteiger partial charge >= 0.3 is 11.9 Å². The third-order valence-corrected chi connectivity index (χ3v) is 4.71. The summed E-state index contributed by atoms with van der Waals surface area (Å²) in [5.41, 5.74) is 6.66. The zero-order chi connectivity index (χ0) is 24.1. The molecule has 1 atom stereocenters. The molecular weight excluding hydrogens is 482 g/mol. The van der Waals surface area contributed by atoms with Crippen molar-refractivity contribution in [1.29, 1.82) is 0 Å². The first kappa shape index (κ1) is 31.3. The molecule has 196 valence electrons. The van der Waals surface area contributed by atoms with Gasteiger partial charge in [-0.2, -0.15) is 4.98 Å². The second-order valence-electron chi connectivity index (χ2n) is 7.18. The number of fused-ring (bicyclic) bond motifs is 1. The number of amides is 1. The van der Waals surface area contributed by atoms with Gasteiger partial charge in [-0.1, -0.05) is 0 Å². The molecule has 0 spiro atoms. The highest BCUT2D eigenvalue weighted by molar-refractivity contribution is 5.97. The van der Waals surface area contributed by atoms with Crippen LogP contribution in [0.4, 0.5) is 11.6 Å². The smallest absolute Gasteiger partial charge is 0.326 e. The topological polar surface area (TPSA) is 299 Å². The van der Waals surface area contributed by atoms with Crippen LogP contribution in [0.3, 0.4) is 0 Å². The van der Waals surface area contributed by atoms with Gasteiger partial charge in [-0.15, -0.1) is 0 Å². The number of hydrogen-bond acceptors (Lipinski definition) is 9. The summed E-state index contributed by atoms with van der Waals surface area (Å²) in [5, 5.41) is 20.2. The van der Waals surface area contributed by atoms with Crippen molar-refractivity contribution in [2.75, 3.05) is 17.7 Å². The molecule has 3 aromatic rings. The number of nitrogens with zero attached hydrogens (tertiary/aromatic N) is 4. The molecule has 0 aliphatic rings. The van der Waals surface area contributed by atoms with Gasteiger partial charge in [0.15, 0.2) is 11.2 Å². The van der Waals surface area contributed by atoms with E-state index in [2.05, 4.69) is 25.3 Å². The number of aromatic amines is 1. The van der Waals surface area contributed by atoms with Crippen molar-refractivity contribution in [2.45, 2.75) is 25.4 Å². The Balaban J connectivity index is 0.00000408. The van der Waals surface area contributed by atoms with Crippen molar-refractivity contribution < 1.29 is 41.0 Å². The Hall–Kier alpha value is -4.67. The average Bonchev–Trinajstić information content (AvgIpc) is 2.76. The summed E-state index contributed by atoms with van der Waals surface area (Å²) in [6, 6.07) is 5.04.